The van der Waals surface area contributed by atoms with Crippen LogP contribution in [0, 0.1) is 0 Å². The summed E-state index contributed by atoms with van der Waals surface area (Å²) in [5, 5.41) is 4.64. The quantitative estimate of drug-likeness (QED) is 0.933. The first kappa shape index (κ1) is 15.0. The first-order valence-corrected chi connectivity index (χ1v) is 7.63. The summed E-state index contributed by atoms with van der Waals surface area (Å²) in [6, 6.07) is 6.98. The first-order valence-electron chi connectivity index (χ1n) is 7.25. The number of nitrogens with zero attached hydrogens (tertiary/aromatic N) is 3. The van der Waals surface area contributed by atoms with Crippen molar-refractivity contribution in [3.63, 3.8) is 0 Å². The van der Waals surface area contributed by atoms with Gasteiger partial charge in [0.2, 0.25) is 17.6 Å². The molecule has 1 amide bonds. The van der Waals surface area contributed by atoms with E-state index in [-0.39, 0.29) is 11.9 Å². The molecule has 1 unspecified atom stereocenters. The van der Waals surface area contributed by atoms with Crippen molar-refractivity contribution >= 4 is 17.5 Å². The fraction of sp³-hybridized carbons (Fsp3) is 0.400. The highest BCUT2D eigenvalue weighted by atomic mass is 35.5. The van der Waals surface area contributed by atoms with Crippen LogP contribution in [0.3, 0.4) is 0 Å². The van der Waals surface area contributed by atoms with Gasteiger partial charge in [0.1, 0.15) is 0 Å². The Morgan fingerprint density at radius 1 is 1.36 bits per heavy atom. The summed E-state index contributed by atoms with van der Waals surface area (Å²) in [5.41, 5.74) is 6.30. The lowest BCUT2D eigenvalue weighted by atomic mass is 10.0. The average molecular weight is 321 g/mol. The molecule has 7 heteroatoms. The smallest absolute Gasteiger partial charge is 0.241 e. The van der Waals surface area contributed by atoms with Crippen molar-refractivity contribution in [2.24, 2.45) is 5.73 Å². The molecule has 3 rings (SSSR count). The van der Waals surface area contributed by atoms with Gasteiger partial charge in [-0.3, -0.25) is 9.69 Å². The number of carbonyl (C=O) groups is 1. The van der Waals surface area contributed by atoms with Crippen molar-refractivity contribution in [2.75, 3.05) is 6.54 Å². The third-order valence-electron chi connectivity index (χ3n) is 3.85. The molecule has 0 radical (unpaired) electrons. The van der Waals surface area contributed by atoms with E-state index in [1.165, 1.54) is 0 Å². The number of benzene rings is 1. The zero-order valence-corrected chi connectivity index (χ0v) is 12.8. The molecule has 0 aliphatic carbocycles. The fourth-order valence-corrected chi connectivity index (χ4v) is 2.84. The molecule has 1 aromatic heterocycles. The van der Waals surface area contributed by atoms with Gasteiger partial charge in [-0.1, -0.05) is 23.2 Å². The summed E-state index contributed by atoms with van der Waals surface area (Å²) in [6.45, 7) is 1.25. The summed E-state index contributed by atoms with van der Waals surface area (Å²) in [7, 11) is 0. The van der Waals surface area contributed by atoms with Gasteiger partial charge in [0.15, 0.2) is 0 Å². The van der Waals surface area contributed by atoms with Crippen LogP contribution in [0.1, 0.15) is 25.2 Å². The molecule has 0 saturated carbocycles. The van der Waals surface area contributed by atoms with Crippen LogP contribution < -0.4 is 5.73 Å². The largest absolute Gasteiger partial charge is 0.368 e. The van der Waals surface area contributed by atoms with Gasteiger partial charge < -0.3 is 10.3 Å². The highest BCUT2D eigenvalue weighted by Gasteiger charge is 2.28. The van der Waals surface area contributed by atoms with Crippen LogP contribution in [0.15, 0.2) is 28.8 Å². The molecule has 22 heavy (non-hydrogen) atoms. The van der Waals surface area contributed by atoms with E-state index in [1.54, 1.807) is 12.1 Å². The maximum absolute atomic E-state index is 11.5. The molecule has 2 aromatic rings. The summed E-state index contributed by atoms with van der Waals surface area (Å²) in [4.78, 5) is 17.9. The predicted octanol–water partition coefficient (Wildman–Crippen LogP) is 2.23. The molecule has 2 heterocycles. The number of primary amides is 1. The number of halogens is 1. The second kappa shape index (κ2) is 6.46. The highest BCUT2D eigenvalue weighted by Crippen LogP contribution is 2.22. The average Bonchev–Trinajstić information content (AvgIpc) is 2.97. The standard InChI is InChI=1S/C15H17ClN4O2/c16-11-6-4-10(5-7-11)15-18-13(22-19-15)9-20-8-2-1-3-12(20)14(17)21/h4-7,12H,1-3,8-9H2,(H2,17,21). The zero-order valence-electron chi connectivity index (χ0n) is 12.0. The molecule has 2 N–H and O–H groups in total. The molecule has 1 aromatic carbocycles. The molecule has 0 bridgehead atoms. The van der Waals surface area contributed by atoms with Gasteiger partial charge in [-0.2, -0.15) is 4.98 Å². The van der Waals surface area contributed by atoms with Crippen molar-refractivity contribution in [3.05, 3.63) is 35.2 Å². The number of nitrogens with two attached hydrogens (primary N) is 1. The van der Waals surface area contributed by atoms with E-state index in [9.17, 15) is 4.79 Å². The van der Waals surface area contributed by atoms with Crippen LogP contribution >= 0.6 is 11.6 Å². The van der Waals surface area contributed by atoms with Crippen molar-refractivity contribution < 1.29 is 9.32 Å². The van der Waals surface area contributed by atoms with Gasteiger partial charge in [0.05, 0.1) is 12.6 Å². The SMILES string of the molecule is NC(=O)C1CCCCN1Cc1nc(-c2ccc(Cl)cc2)no1. The summed E-state index contributed by atoms with van der Waals surface area (Å²) in [5.74, 6) is 0.703. The Kier molecular flexibility index (Phi) is 4.40. The van der Waals surface area contributed by atoms with Gasteiger partial charge in [0, 0.05) is 10.6 Å². The van der Waals surface area contributed by atoms with Gasteiger partial charge in [0.25, 0.3) is 0 Å². The van der Waals surface area contributed by atoms with Crippen LogP contribution in [-0.4, -0.2) is 33.5 Å². The Morgan fingerprint density at radius 2 is 2.14 bits per heavy atom. The van der Waals surface area contributed by atoms with Gasteiger partial charge in [-0.25, -0.2) is 0 Å². The number of likely N-dealkylation sites (tertiary alicyclic amines) is 1. The Balaban J connectivity index is 1.73. The van der Waals surface area contributed by atoms with Crippen LogP contribution in [0.5, 0.6) is 0 Å². The number of hydrogen-bond acceptors (Lipinski definition) is 5. The minimum atomic E-state index is -0.294. The Morgan fingerprint density at radius 3 is 2.86 bits per heavy atom. The minimum Gasteiger partial charge on any atom is -0.368 e. The lowest BCUT2D eigenvalue weighted by molar-refractivity contribution is -0.124. The number of carbonyl (C=O) groups excluding carboxylic acids is 1. The second-order valence-corrected chi connectivity index (χ2v) is 5.84. The van der Waals surface area contributed by atoms with E-state index in [0.717, 1.165) is 31.4 Å². The predicted molar refractivity (Wildman–Crippen MR) is 82.0 cm³/mol. The van der Waals surface area contributed by atoms with Crippen LogP contribution in [0.25, 0.3) is 11.4 Å². The lowest BCUT2D eigenvalue weighted by Gasteiger charge is -2.32. The maximum Gasteiger partial charge on any atom is 0.241 e. The van der Waals surface area contributed by atoms with E-state index < -0.39 is 0 Å². The molecule has 116 valence electrons. The highest BCUT2D eigenvalue weighted by molar-refractivity contribution is 6.30. The first-order chi connectivity index (χ1) is 10.6. The molecule has 1 fully saturated rings. The van der Waals surface area contributed by atoms with Crippen molar-refractivity contribution in [1.29, 1.82) is 0 Å². The lowest BCUT2D eigenvalue weighted by Crippen LogP contribution is -2.47. The Labute approximate surface area is 133 Å². The van der Waals surface area contributed by atoms with Crippen LogP contribution in [0.4, 0.5) is 0 Å². The molecular weight excluding hydrogens is 304 g/mol. The monoisotopic (exact) mass is 320 g/mol. The summed E-state index contributed by atoms with van der Waals surface area (Å²) in [6.07, 6.45) is 2.85. The third kappa shape index (κ3) is 3.28. The number of rotatable bonds is 4. The van der Waals surface area contributed by atoms with Crippen molar-refractivity contribution in [2.45, 2.75) is 31.8 Å². The van der Waals surface area contributed by atoms with Gasteiger partial charge >= 0.3 is 0 Å². The number of amides is 1. The molecule has 1 atom stereocenters. The van der Waals surface area contributed by atoms with Crippen LogP contribution in [0.2, 0.25) is 5.02 Å². The van der Waals surface area contributed by atoms with Crippen molar-refractivity contribution in [3.8, 4) is 11.4 Å². The molecular formula is C15H17ClN4O2. The second-order valence-electron chi connectivity index (χ2n) is 5.40. The number of piperidine rings is 1. The topological polar surface area (TPSA) is 85.3 Å². The molecule has 1 aliphatic rings. The van der Waals surface area contributed by atoms with Crippen molar-refractivity contribution in [1.82, 2.24) is 15.0 Å². The van der Waals surface area contributed by atoms with E-state index in [1.807, 2.05) is 17.0 Å². The molecule has 0 spiro atoms. The fourth-order valence-electron chi connectivity index (χ4n) is 2.71. The van der Waals surface area contributed by atoms with Crippen LogP contribution in [-0.2, 0) is 11.3 Å². The summed E-state index contributed by atoms with van der Waals surface area (Å²) >= 11 is 5.86. The third-order valence-corrected chi connectivity index (χ3v) is 4.10. The molecule has 1 aliphatic heterocycles. The number of aromatic nitrogens is 2. The molecule has 1 saturated heterocycles. The molecule has 6 nitrogen and oxygen atoms in total. The summed E-state index contributed by atoms with van der Waals surface area (Å²) < 4.78 is 5.29. The van der Waals surface area contributed by atoms with E-state index in [2.05, 4.69) is 10.1 Å². The normalized spacial score (nSPS) is 19.2. The maximum atomic E-state index is 11.5. The van der Waals surface area contributed by atoms with Gasteiger partial charge in [-0.15, -0.1) is 0 Å². The Hall–Kier alpha value is -1.92. The Bertz CT molecular complexity index is 656. The van der Waals surface area contributed by atoms with E-state index >= 15 is 0 Å². The number of hydrogen-bond donors (Lipinski definition) is 1. The van der Waals surface area contributed by atoms with E-state index in [4.69, 9.17) is 21.9 Å². The van der Waals surface area contributed by atoms with E-state index in [0.29, 0.717) is 23.3 Å². The zero-order chi connectivity index (χ0) is 15.5. The van der Waals surface area contributed by atoms with Gasteiger partial charge in [-0.05, 0) is 43.7 Å². The minimum absolute atomic E-state index is 0.250.